The van der Waals surface area contributed by atoms with E-state index in [0.29, 0.717) is 12.8 Å². The van der Waals surface area contributed by atoms with Crippen LogP contribution in [-0.2, 0) is 9.59 Å². The van der Waals surface area contributed by atoms with Gasteiger partial charge in [0, 0.05) is 25.9 Å². The number of rotatable bonds is 30. The van der Waals surface area contributed by atoms with Crippen molar-refractivity contribution in [3.05, 3.63) is 122 Å². The van der Waals surface area contributed by atoms with Crippen molar-refractivity contribution < 1.29 is 14.7 Å². The Morgan fingerprint density at radius 2 is 0.688 bits per heavy atom. The van der Waals surface area contributed by atoms with Crippen LogP contribution in [0.3, 0.4) is 0 Å². The lowest BCUT2D eigenvalue weighted by Crippen LogP contribution is -2.39. The zero-order valence-electron chi connectivity index (χ0n) is 30.1. The fraction of sp³-hybridized carbons (Fsp3) is 0.488. The van der Waals surface area contributed by atoms with Gasteiger partial charge in [-0.15, -0.1) is 0 Å². The number of hydrogen-bond acceptors (Lipinski definition) is 3. The molecule has 0 atom stereocenters. The molecule has 3 N–H and O–H groups in total. The number of hydrogen-bond donors (Lipinski definition) is 3. The van der Waals surface area contributed by atoms with Crippen molar-refractivity contribution in [2.45, 2.75) is 123 Å². The number of allylic oxidation sites excluding steroid dienone is 20. The van der Waals surface area contributed by atoms with Gasteiger partial charge in [0.15, 0.2) is 0 Å². The molecule has 0 aromatic carbocycles. The Bertz CT molecular complexity index is 986. The highest BCUT2D eigenvalue weighted by Crippen LogP contribution is 2.01. The van der Waals surface area contributed by atoms with E-state index in [2.05, 4.69) is 146 Å². The Morgan fingerprint density at radius 1 is 0.438 bits per heavy atom. The van der Waals surface area contributed by atoms with Crippen molar-refractivity contribution in [2.24, 2.45) is 0 Å². The van der Waals surface area contributed by atoms with Crippen LogP contribution < -0.4 is 10.6 Å². The SMILES string of the molecule is CC/C=C\C/C=C\C/C=C\C/C=C\C/C=C\CCCC(=O)NCC(O)CNC(=O)CCC/C=C\C/C=C\C/C=C\C/C=C\C/C=C\CC. The van der Waals surface area contributed by atoms with Crippen LogP contribution >= 0.6 is 0 Å². The van der Waals surface area contributed by atoms with Gasteiger partial charge in [0.1, 0.15) is 0 Å². The molecule has 0 aliphatic rings. The van der Waals surface area contributed by atoms with Crippen molar-refractivity contribution in [1.29, 1.82) is 0 Å². The second-order valence-electron chi connectivity index (χ2n) is 11.5. The second kappa shape index (κ2) is 37.8. The Balaban J connectivity index is 3.70. The zero-order valence-corrected chi connectivity index (χ0v) is 30.1. The highest BCUT2D eigenvalue weighted by Gasteiger charge is 2.08. The molecule has 2 amide bonds. The van der Waals surface area contributed by atoms with Gasteiger partial charge in [0.25, 0.3) is 0 Å². The summed E-state index contributed by atoms with van der Waals surface area (Å²) >= 11 is 0. The van der Waals surface area contributed by atoms with Gasteiger partial charge in [-0.1, -0.05) is 135 Å². The standard InChI is InChI=1S/C43H66N2O3/c1-3-5-7-9-11-13-15-17-19-21-23-25-27-29-31-33-35-37-42(47)44-39-41(46)40-45-43(48)38-36-34-32-30-28-26-24-22-20-18-16-14-12-10-8-6-4-2/h5-8,11-14,17-20,23-26,29-32,41,46H,3-4,9-10,15-16,21-22,27-28,33-40H2,1-2H3,(H,44,47)(H,45,48)/b7-5-,8-6-,13-11-,14-12-,19-17-,20-18-,25-23-,26-24-,31-29-,32-30-. The summed E-state index contributed by atoms with van der Waals surface area (Å²) in [5.41, 5.74) is 0. The summed E-state index contributed by atoms with van der Waals surface area (Å²) in [6.07, 6.45) is 56.5. The van der Waals surface area contributed by atoms with Gasteiger partial charge < -0.3 is 15.7 Å². The molecule has 0 spiro atoms. The molecule has 0 saturated carbocycles. The molecule has 0 aromatic heterocycles. The van der Waals surface area contributed by atoms with Crippen LogP contribution in [0.1, 0.15) is 117 Å². The molecule has 0 bridgehead atoms. The molecule has 5 nitrogen and oxygen atoms in total. The number of amides is 2. The van der Waals surface area contributed by atoms with Crippen LogP contribution in [0.15, 0.2) is 122 Å². The fourth-order valence-electron chi connectivity index (χ4n) is 4.21. The maximum absolute atomic E-state index is 12.1. The molecule has 0 saturated heterocycles. The Morgan fingerprint density at radius 3 is 0.958 bits per heavy atom. The summed E-state index contributed by atoms with van der Waals surface area (Å²) in [7, 11) is 0. The first-order valence-electron chi connectivity index (χ1n) is 18.3. The third-order valence-corrected chi connectivity index (χ3v) is 6.93. The molecule has 0 radical (unpaired) electrons. The van der Waals surface area contributed by atoms with Crippen LogP contribution in [0.4, 0.5) is 0 Å². The number of carbonyl (C=O) groups excluding carboxylic acids is 2. The van der Waals surface area contributed by atoms with Crippen LogP contribution in [0.25, 0.3) is 0 Å². The van der Waals surface area contributed by atoms with E-state index >= 15 is 0 Å². The van der Waals surface area contributed by atoms with Gasteiger partial charge in [-0.2, -0.15) is 0 Å². The molecule has 0 fully saturated rings. The molecule has 5 heteroatoms. The Hall–Kier alpha value is -3.70. The van der Waals surface area contributed by atoms with E-state index in [0.717, 1.165) is 89.9 Å². The summed E-state index contributed by atoms with van der Waals surface area (Å²) < 4.78 is 0. The van der Waals surface area contributed by atoms with E-state index in [1.807, 2.05) is 0 Å². The van der Waals surface area contributed by atoms with Crippen molar-refractivity contribution in [3.63, 3.8) is 0 Å². The minimum absolute atomic E-state index is 0.0789. The topological polar surface area (TPSA) is 78.4 Å². The molecule has 266 valence electrons. The summed E-state index contributed by atoms with van der Waals surface area (Å²) in [6, 6.07) is 0. The number of aliphatic hydroxyl groups is 1. The molecule has 0 unspecified atom stereocenters. The number of nitrogens with one attached hydrogen (secondary N) is 2. The van der Waals surface area contributed by atoms with Crippen LogP contribution in [0, 0.1) is 0 Å². The largest absolute Gasteiger partial charge is 0.389 e. The van der Waals surface area contributed by atoms with Crippen molar-refractivity contribution in [3.8, 4) is 0 Å². The van der Waals surface area contributed by atoms with E-state index in [1.54, 1.807) is 0 Å². The van der Waals surface area contributed by atoms with Crippen molar-refractivity contribution in [2.75, 3.05) is 13.1 Å². The van der Waals surface area contributed by atoms with Crippen molar-refractivity contribution >= 4 is 11.8 Å². The molecule has 0 aromatic rings. The van der Waals surface area contributed by atoms with E-state index < -0.39 is 6.10 Å². The molecule has 0 aliphatic heterocycles. The van der Waals surface area contributed by atoms with Crippen molar-refractivity contribution in [1.82, 2.24) is 10.6 Å². The van der Waals surface area contributed by atoms with Crippen LogP contribution in [-0.4, -0.2) is 36.1 Å². The smallest absolute Gasteiger partial charge is 0.220 e. The van der Waals surface area contributed by atoms with E-state index in [4.69, 9.17) is 0 Å². The predicted molar refractivity (Wildman–Crippen MR) is 209 cm³/mol. The van der Waals surface area contributed by atoms with E-state index in [-0.39, 0.29) is 24.9 Å². The van der Waals surface area contributed by atoms with Crippen LogP contribution in [0.5, 0.6) is 0 Å². The average molecular weight is 659 g/mol. The van der Waals surface area contributed by atoms with Gasteiger partial charge in [0.2, 0.25) is 11.8 Å². The Labute approximate surface area is 293 Å². The highest BCUT2D eigenvalue weighted by atomic mass is 16.3. The highest BCUT2D eigenvalue weighted by molar-refractivity contribution is 5.76. The summed E-state index contributed by atoms with van der Waals surface area (Å²) in [5.74, 6) is -0.158. The number of unbranched alkanes of at least 4 members (excludes halogenated alkanes) is 2. The molecular formula is C43H66N2O3. The molecule has 0 aliphatic carbocycles. The molecule has 0 rings (SSSR count). The number of aliphatic hydroxyl groups excluding tert-OH is 1. The lowest BCUT2D eigenvalue weighted by atomic mass is 10.2. The molecule has 48 heavy (non-hydrogen) atoms. The fourth-order valence-corrected chi connectivity index (χ4v) is 4.21. The number of carbonyl (C=O) groups is 2. The van der Waals surface area contributed by atoms with Gasteiger partial charge in [-0.05, 0) is 89.9 Å². The maximum atomic E-state index is 12.1. The zero-order chi connectivity index (χ0) is 35.0. The first-order chi connectivity index (χ1) is 23.6. The van der Waals surface area contributed by atoms with Crippen LogP contribution in [0.2, 0.25) is 0 Å². The average Bonchev–Trinajstić information content (AvgIpc) is 3.09. The summed E-state index contributed by atoms with van der Waals surface area (Å²) in [6.45, 7) is 4.57. The minimum atomic E-state index is -0.796. The lowest BCUT2D eigenvalue weighted by Gasteiger charge is -2.13. The lowest BCUT2D eigenvalue weighted by molar-refractivity contribution is -0.121. The van der Waals surface area contributed by atoms with Gasteiger partial charge in [-0.25, -0.2) is 0 Å². The van der Waals surface area contributed by atoms with Gasteiger partial charge >= 0.3 is 0 Å². The first-order valence-corrected chi connectivity index (χ1v) is 18.3. The van der Waals surface area contributed by atoms with Gasteiger partial charge in [0.05, 0.1) is 6.10 Å². The summed E-state index contributed by atoms with van der Waals surface area (Å²) in [5, 5.41) is 15.6. The second-order valence-corrected chi connectivity index (χ2v) is 11.5. The normalized spacial score (nSPS) is 13.1. The third-order valence-electron chi connectivity index (χ3n) is 6.93. The maximum Gasteiger partial charge on any atom is 0.220 e. The van der Waals surface area contributed by atoms with Gasteiger partial charge in [-0.3, -0.25) is 9.59 Å². The Kier molecular flexibility index (Phi) is 34.8. The molecule has 0 heterocycles. The minimum Gasteiger partial charge on any atom is -0.389 e. The molecular weight excluding hydrogens is 592 g/mol. The van der Waals surface area contributed by atoms with E-state index in [9.17, 15) is 14.7 Å². The monoisotopic (exact) mass is 659 g/mol. The summed E-state index contributed by atoms with van der Waals surface area (Å²) in [4.78, 5) is 24.1. The van der Waals surface area contributed by atoms with E-state index in [1.165, 1.54) is 0 Å². The first kappa shape index (κ1) is 44.3. The predicted octanol–water partition coefficient (Wildman–Crippen LogP) is 10.4. The quantitative estimate of drug-likeness (QED) is 0.0531. The third kappa shape index (κ3) is 36.8.